The van der Waals surface area contributed by atoms with Crippen LogP contribution < -0.4 is 4.90 Å². The Labute approximate surface area is 92.0 Å². The molecule has 1 aliphatic heterocycles. The first-order valence-corrected chi connectivity index (χ1v) is 4.95. The van der Waals surface area contributed by atoms with Crippen molar-refractivity contribution >= 4 is 23.2 Å². The molecule has 2 rings (SSSR count). The van der Waals surface area contributed by atoms with Crippen molar-refractivity contribution < 1.29 is 9.18 Å². The zero-order chi connectivity index (χ0) is 11.0. The first kappa shape index (κ1) is 10.2. The number of amides is 1. The second kappa shape index (κ2) is 3.66. The molecule has 0 aromatic heterocycles. The first-order chi connectivity index (χ1) is 7.09. The number of hydrogen-bond donors (Lipinski definition) is 0. The minimum Gasteiger partial charge on any atom is -0.288 e. The van der Waals surface area contributed by atoms with Crippen molar-refractivity contribution in [1.29, 1.82) is 0 Å². The molecule has 4 heteroatoms. The van der Waals surface area contributed by atoms with Crippen LogP contribution in [0.5, 0.6) is 0 Å². The number of benzene rings is 1. The smallest absolute Gasteiger partial charge is 0.255 e. The maximum atomic E-state index is 12.7. The van der Waals surface area contributed by atoms with Crippen LogP contribution in [0, 0.1) is 5.82 Å². The molecule has 15 heavy (non-hydrogen) atoms. The minimum atomic E-state index is -0.483. The van der Waals surface area contributed by atoms with Crippen molar-refractivity contribution in [2.45, 2.75) is 12.4 Å². The molecule has 1 atom stereocenters. The molecule has 1 heterocycles. The Balaban J connectivity index is 2.33. The number of rotatable bonds is 1. The van der Waals surface area contributed by atoms with Gasteiger partial charge in [-0.2, -0.15) is 0 Å². The number of anilines is 1. The number of nitrogens with zero attached hydrogens (tertiary/aromatic N) is 1. The van der Waals surface area contributed by atoms with Crippen molar-refractivity contribution in [3.63, 3.8) is 0 Å². The Morgan fingerprint density at radius 1 is 1.33 bits per heavy atom. The van der Waals surface area contributed by atoms with Crippen molar-refractivity contribution in [1.82, 2.24) is 0 Å². The van der Waals surface area contributed by atoms with Crippen LogP contribution in [0.4, 0.5) is 10.1 Å². The van der Waals surface area contributed by atoms with Gasteiger partial charge < -0.3 is 0 Å². The third-order valence-corrected chi connectivity index (χ3v) is 2.62. The van der Waals surface area contributed by atoms with Crippen LogP contribution in [-0.2, 0) is 4.79 Å². The number of halogens is 2. The summed E-state index contributed by atoms with van der Waals surface area (Å²) in [5.74, 6) is -0.470. The largest absolute Gasteiger partial charge is 0.288 e. The lowest BCUT2D eigenvalue weighted by molar-refractivity contribution is -0.114. The van der Waals surface area contributed by atoms with Gasteiger partial charge in [0.25, 0.3) is 5.91 Å². The fraction of sp³-hybridized carbons (Fsp3) is 0.182. The van der Waals surface area contributed by atoms with Gasteiger partial charge in [0.1, 0.15) is 11.3 Å². The monoisotopic (exact) mass is 225 g/mol. The van der Waals surface area contributed by atoms with Gasteiger partial charge in [-0.15, -0.1) is 0 Å². The van der Waals surface area contributed by atoms with E-state index in [4.69, 9.17) is 11.6 Å². The van der Waals surface area contributed by atoms with Crippen LogP contribution in [0.2, 0.25) is 0 Å². The quantitative estimate of drug-likeness (QED) is 0.532. The van der Waals surface area contributed by atoms with Gasteiger partial charge in [-0.3, -0.25) is 9.69 Å². The first-order valence-electron chi connectivity index (χ1n) is 4.51. The van der Waals surface area contributed by atoms with Crippen LogP contribution in [0.15, 0.2) is 35.9 Å². The van der Waals surface area contributed by atoms with Gasteiger partial charge in [0, 0.05) is 11.3 Å². The van der Waals surface area contributed by atoms with E-state index in [2.05, 4.69) is 0 Å². The molecule has 1 aromatic carbocycles. The SMILES string of the molecule is CC1=CC(Cl)N(c2ccc(F)cc2)C1=O. The second-order valence-electron chi connectivity index (χ2n) is 3.37. The molecular weight excluding hydrogens is 217 g/mol. The van der Waals surface area contributed by atoms with E-state index in [0.717, 1.165) is 0 Å². The Morgan fingerprint density at radius 3 is 2.40 bits per heavy atom. The third kappa shape index (κ3) is 1.75. The van der Waals surface area contributed by atoms with Gasteiger partial charge in [0.05, 0.1) is 0 Å². The fourth-order valence-electron chi connectivity index (χ4n) is 1.52. The summed E-state index contributed by atoms with van der Waals surface area (Å²) in [5.41, 5.74) is 0.733. The zero-order valence-electron chi connectivity index (χ0n) is 8.08. The highest BCUT2D eigenvalue weighted by Crippen LogP contribution is 2.27. The minimum absolute atomic E-state index is 0.137. The lowest BCUT2D eigenvalue weighted by Gasteiger charge is -2.20. The van der Waals surface area contributed by atoms with E-state index in [-0.39, 0.29) is 11.7 Å². The van der Waals surface area contributed by atoms with Crippen molar-refractivity contribution in [2.75, 3.05) is 4.90 Å². The van der Waals surface area contributed by atoms with Crippen molar-refractivity contribution in [3.8, 4) is 0 Å². The number of carbonyl (C=O) groups is 1. The van der Waals surface area contributed by atoms with Crippen molar-refractivity contribution in [3.05, 3.63) is 41.7 Å². The summed E-state index contributed by atoms with van der Waals surface area (Å²) < 4.78 is 12.7. The second-order valence-corrected chi connectivity index (χ2v) is 3.82. The van der Waals surface area contributed by atoms with Gasteiger partial charge >= 0.3 is 0 Å². The molecule has 1 amide bonds. The third-order valence-electron chi connectivity index (χ3n) is 2.30. The molecule has 0 saturated heterocycles. The van der Waals surface area contributed by atoms with Gasteiger partial charge in [-0.1, -0.05) is 11.6 Å². The molecule has 0 radical (unpaired) electrons. The van der Waals surface area contributed by atoms with Crippen LogP contribution in [0.25, 0.3) is 0 Å². The zero-order valence-corrected chi connectivity index (χ0v) is 8.83. The number of carbonyl (C=O) groups excluding carboxylic acids is 1. The van der Waals surface area contributed by atoms with Gasteiger partial charge in [-0.25, -0.2) is 4.39 Å². The fourth-order valence-corrected chi connectivity index (χ4v) is 1.91. The Kier molecular flexibility index (Phi) is 2.49. The normalized spacial score (nSPS) is 20.7. The van der Waals surface area contributed by atoms with Gasteiger partial charge in [0.15, 0.2) is 0 Å². The molecule has 0 saturated carbocycles. The Morgan fingerprint density at radius 2 is 1.93 bits per heavy atom. The molecular formula is C11H9ClFNO. The van der Waals surface area contributed by atoms with Gasteiger partial charge in [-0.05, 0) is 37.3 Å². The molecule has 2 nitrogen and oxygen atoms in total. The average molecular weight is 226 g/mol. The standard InChI is InChI=1S/C11H9ClFNO/c1-7-6-10(12)14(11(7)15)9-4-2-8(13)3-5-9/h2-6,10H,1H3. The van der Waals surface area contributed by atoms with Gasteiger partial charge in [0.2, 0.25) is 0 Å². The molecule has 0 fully saturated rings. The maximum absolute atomic E-state index is 12.7. The molecule has 0 bridgehead atoms. The molecule has 1 aliphatic rings. The lowest BCUT2D eigenvalue weighted by Crippen LogP contribution is -2.30. The molecule has 0 N–H and O–H groups in total. The van der Waals surface area contributed by atoms with Crippen LogP contribution in [0.1, 0.15) is 6.92 Å². The van der Waals surface area contributed by atoms with Crippen LogP contribution in [0.3, 0.4) is 0 Å². The maximum Gasteiger partial charge on any atom is 0.255 e. The molecule has 0 aliphatic carbocycles. The number of hydrogen-bond acceptors (Lipinski definition) is 1. The molecule has 1 unspecified atom stereocenters. The molecule has 0 spiro atoms. The summed E-state index contributed by atoms with van der Waals surface area (Å²) in [7, 11) is 0. The summed E-state index contributed by atoms with van der Waals surface area (Å²) in [5, 5.41) is 0. The summed E-state index contributed by atoms with van der Waals surface area (Å²) in [4.78, 5) is 13.1. The van der Waals surface area contributed by atoms with E-state index in [1.54, 1.807) is 13.0 Å². The highest BCUT2D eigenvalue weighted by Gasteiger charge is 2.29. The molecule has 1 aromatic rings. The topological polar surface area (TPSA) is 20.3 Å². The number of alkyl halides is 1. The Hall–Kier alpha value is -1.35. The predicted molar refractivity (Wildman–Crippen MR) is 57.3 cm³/mol. The van der Waals surface area contributed by atoms with E-state index in [0.29, 0.717) is 11.3 Å². The highest BCUT2D eigenvalue weighted by molar-refractivity contribution is 6.29. The van der Waals surface area contributed by atoms with E-state index in [1.165, 1.54) is 29.2 Å². The Bertz CT molecular complexity index is 427. The summed E-state index contributed by atoms with van der Waals surface area (Å²) in [6.07, 6.45) is 1.67. The molecule has 78 valence electrons. The summed E-state index contributed by atoms with van der Waals surface area (Å²) >= 11 is 5.98. The summed E-state index contributed by atoms with van der Waals surface area (Å²) in [6.45, 7) is 1.71. The highest BCUT2D eigenvalue weighted by atomic mass is 35.5. The van der Waals surface area contributed by atoms with Crippen LogP contribution in [-0.4, -0.2) is 11.4 Å². The van der Waals surface area contributed by atoms with E-state index >= 15 is 0 Å². The summed E-state index contributed by atoms with van der Waals surface area (Å²) in [6, 6.07) is 5.68. The van der Waals surface area contributed by atoms with Crippen molar-refractivity contribution in [2.24, 2.45) is 0 Å². The lowest BCUT2D eigenvalue weighted by atomic mass is 10.2. The van der Waals surface area contributed by atoms with E-state index in [9.17, 15) is 9.18 Å². The van der Waals surface area contributed by atoms with E-state index in [1.807, 2.05) is 0 Å². The van der Waals surface area contributed by atoms with E-state index < -0.39 is 5.50 Å². The average Bonchev–Trinajstić information content (AvgIpc) is 2.44. The van der Waals surface area contributed by atoms with Crippen LogP contribution >= 0.6 is 11.6 Å². The predicted octanol–water partition coefficient (Wildman–Crippen LogP) is 2.68.